The molecule has 0 aliphatic rings. The molecular weight excluding hydrogens is 256 g/mol. The largest absolute Gasteiger partial charge is 0.369 e. The Morgan fingerprint density at radius 1 is 1.40 bits per heavy atom. The fraction of sp³-hybridized carbons (Fsp3) is 0.200. The molecule has 4 nitrogen and oxygen atoms in total. The molecule has 0 atom stereocenters. The quantitative estimate of drug-likeness (QED) is 0.905. The van der Waals surface area contributed by atoms with Gasteiger partial charge in [0.25, 0.3) is 0 Å². The molecule has 0 bridgehead atoms. The Balaban J connectivity index is 2.29. The zero-order chi connectivity index (χ0) is 10.8. The second-order valence-corrected chi connectivity index (χ2v) is 4.27. The first-order valence-corrected chi connectivity index (χ1v) is 5.33. The van der Waals surface area contributed by atoms with Crippen LogP contribution in [-0.2, 0) is 6.54 Å². The van der Waals surface area contributed by atoms with Crippen molar-refractivity contribution < 1.29 is 0 Å². The van der Waals surface area contributed by atoms with E-state index in [0.717, 1.165) is 15.7 Å². The number of halogens is 1. The number of nitrogens with two attached hydrogens (primary N) is 1. The number of hydrogen-bond donors (Lipinski definition) is 1. The predicted octanol–water partition coefficient (Wildman–Crippen LogP) is 1.98. The van der Waals surface area contributed by atoms with Crippen LogP contribution in [0.4, 0.5) is 5.95 Å². The Labute approximate surface area is 96.3 Å². The van der Waals surface area contributed by atoms with Gasteiger partial charge < -0.3 is 10.3 Å². The van der Waals surface area contributed by atoms with Gasteiger partial charge in [0.15, 0.2) is 0 Å². The molecule has 5 heteroatoms. The maximum absolute atomic E-state index is 5.75. The fourth-order valence-corrected chi connectivity index (χ4v) is 1.82. The van der Waals surface area contributed by atoms with Gasteiger partial charge in [0.2, 0.25) is 5.95 Å². The highest BCUT2D eigenvalue weighted by Gasteiger charge is 2.04. The van der Waals surface area contributed by atoms with Crippen LogP contribution in [0.5, 0.6) is 0 Å². The van der Waals surface area contributed by atoms with Crippen LogP contribution in [0.15, 0.2) is 29.1 Å². The van der Waals surface area contributed by atoms with E-state index < -0.39 is 0 Å². The van der Waals surface area contributed by atoms with Gasteiger partial charge in [-0.15, -0.1) is 0 Å². The number of pyridine rings is 1. The fourth-order valence-electron chi connectivity index (χ4n) is 1.41. The molecule has 2 N–H and O–H groups in total. The number of anilines is 1. The van der Waals surface area contributed by atoms with E-state index in [1.165, 1.54) is 0 Å². The summed E-state index contributed by atoms with van der Waals surface area (Å²) in [4.78, 5) is 8.15. The number of hydrogen-bond acceptors (Lipinski definition) is 3. The molecule has 0 spiro atoms. The van der Waals surface area contributed by atoms with Gasteiger partial charge in [0.05, 0.1) is 12.7 Å². The van der Waals surface area contributed by atoms with E-state index in [1.54, 1.807) is 12.4 Å². The topological polar surface area (TPSA) is 56.7 Å². The normalized spacial score (nSPS) is 10.5. The van der Waals surface area contributed by atoms with Gasteiger partial charge in [-0.05, 0) is 34.5 Å². The van der Waals surface area contributed by atoms with Gasteiger partial charge in [-0.25, -0.2) is 4.98 Å². The summed E-state index contributed by atoms with van der Waals surface area (Å²) in [6, 6.07) is 2.02. The molecule has 0 fully saturated rings. The van der Waals surface area contributed by atoms with Gasteiger partial charge in [0, 0.05) is 22.6 Å². The Bertz CT molecular complexity index is 459. The molecule has 0 saturated heterocycles. The Hall–Kier alpha value is -1.36. The van der Waals surface area contributed by atoms with Crippen LogP contribution < -0.4 is 5.73 Å². The van der Waals surface area contributed by atoms with Crippen molar-refractivity contribution in [3.8, 4) is 0 Å². The third-order valence-electron chi connectivity index (χ3n) is 2.19. The number of nitrogen functional groups attached to an aromatic ring is 1. The van der Waals surface area contributed by atoms with Gasteiger partial charge in [-0.3, -0.25) is 4.98 Å². The Morgan fingerprint density at radius 2 is 2.20 bits per heavy atom. The summed E-state index contributed by atoms with van der Waals surface area (Å²) < 4.78 is 2.92. The Morgan fingerprint density at radius 3 is 2.80 bits per heavy atom. The molecular formula is C10H11BrN4. The number of aromatic nitrogens is 3. The molecule has 2 aromatic rings. The highest BCUT2D eigenvalue weighted by atomic mass is 79.9. The minimum absolute atomic E-state index is 0.535. The zero-order valence-electron chi connectivity index (χ0n) is 8.31. The van der Waals surface area contributed by atoms with Crippen LogP contribution in [0.3, 0.4) is 0 Å². The van der Waals surface area contributed by atoms with E-state index in [1.807, 2.05) is 23.8 Å². The number of imidazole rings is 1. The summed E-state index contributed by atoms with van der Waals surface area (Å²) in [6.07, 6.45) is 5.35. The van der Waals surface area contributed by atoms with Crippen LogP contribution in [0.1, 0.15) is 11.3 Å². The molecule has 2 heterocycles. The SMILES string of the molecule is Cc1cnc(N)n1Cc1cncc(Br)c1. The molecule has 2 aromatic heterocycles. The smallest absolute Gasteiger partial charge is 0.200 e. The average Bonchev–Trinajstić information content (AvgIpc) is 2.50. The standard InChI is InChI=1S/C10H11BrN4/c1-7-3-14-10(12)15(7)6-8-2-9(11)5-13-4-8/h2-5H,6H2,1H3,(H2,12,14). The molecule has 15 heavy (non-hydrogen) atoms. The van der Waals surface area contributed by atoms with E-state index in [2.05, 4.69) is 25.9 Å². The van der Waals surface area contributed by atoms with E-state index in [-0.39, 0.29) is 0 Å². The van der Waals surface area contributed by atoms with Gasteiger partial charge in [-0.1, -0.05) is 0 Å². The van der Waals surface area contributed by atoms with Crippen LogP contribution in [0.2, 0.25) is 0 Å². The first-order chi connectivity index (χ1) is 7.16. The van der Waals surface area contributed by atoms with Crippen molar-refractivity contribution in [1.29, 1.82) is 0 Å². The summed E-state index contributed by atoms with van der Waals surface area (Å²) in [5, 5.41) is 0. The van der Waals surface area contributed by atoms with E-state index >= 15 is 0 Å². The van der Waals surface area contributed by atoms with Crippen molar-refractivity contribution in [3.63, 3.8) is 0 Å². The highest BCUT2D eigenvalue weighted by Crippen LogP contribution is 2.13. The molecule has 0 radical (unpaired) electrons. The molecule has 78 valence electrons. The lowest BCUT2D eigenvalue weighted by molar-refractivity contribution is 0.779. The van der Waals surface area contributed by atoms with Gasteiger partial charge >= 0.3 is 0 Å². The van der Waals surface area contributed by atoms with Gasteiger partial charge in [-0.2, -0.15) is 0 Å². The molecule has 0 aromatic carbocycles. The Kier molecular flexibility index (Phi) is 2.73. The average molecular weight is 267 g/mol. The van der Waals surface area contributed by atoms with E-state index in [4.69, 9.17) is 5.73 Å². The van der Waals surface area contributed by atoms with Crippen LogP contribution >= 0.6 is 15.9 Å². The van der Waals surface area contributed by atoms with Crippen molar-refractivity contribution in [3.05, 3.63) is 40.4 Å². The van der Waals surface area contributed by atoms with Crippen LogP contribution in [-0.4, -0.2) is 14.5 Å². The lowest BCUT2D eigenvalue weighted by atomic mass is 10.3. The van der Waals surface area contributed by atoms with Crippen molar-refractivity contribution in [2.24, 2.45) is 0 Å². The molecule has 2 rings (SSSR count). The predicted molar refractivity (Wildman–Crippen MR) is 62.4 cm³/mol. The molecule has 0 unspecified atom stereocenters. The van der Waals surface area contributed by atoms with Crippen molar-refractivity contribution in [2.75, 3.05) is 5.73 Å². The lowest BCUT2D eigenvalue weighted by Gasteiger charge is -2.07. The summed E-state index contributed by atoms with van der Waals surface area (Å²) in [5.74, 6) is 0.535. The first kappa shape index (κ1) is 10.2. The molecule has 0 saturated carbocycles. The highest BCUT2D eigenvalue weighted by molar-refractivity contribution is 9.10. The minimum Gasteiger partial charge on any atom is -0.369 e. The van der Waals surface area contributed by atoms with E-state index in [0.29, 0.717) is 12.5 Å². The second kappa shape index (κ2) is 4.02. The van der Waals surface area contributed by atoms with Crippen molar-refractivity contribution in [1.82, 2.24) is 14.5 Å². The number of aryl methyl sites for hydroxylation is 1. The maximum atomic E-state index is 5.75. The summed E-state index contributed by atoms with van der Waals surface area (Å²) in [7, 11) is 0. The summed E-state index contributed by atoms with van der Waals surface area (Å²) in [5.41, 5.74) is 7.89. The van der Waals surface area contributed by atoms with E-state index in [9.17, 15) is 0 Å². The number of rotatable bonds is 2. The third kappa shape index (κ3) is 2.18. The molecule has 0 amide bonds. The van der Waals surface area contributed by atoms with Gasteiger partial charge in [0.1, 0.15) is 0 Å². The van der Waals surface area contributed by atoms with Crippen molar-refractivity contribution in [2.45, 2.75) is 13.5 Å². The third-order valence-corrected chi connectivity index (χ3v) is 2.62. The minimum atomic E-state index is 0.535. The first-order valence-electron chi connectivity index (χ1n) is 4.54. The second-order valence-electron chi connectivity index (χ2n) is 3.36. The molecule has 0 aliphatic heterocycles. The molecule has 0 aliphatic carbocycles. The monoisotopic (exact) mass is 266 g/mol. The van der Waals surface area contributed by atoms with Crippen LogP contribution in [0.25, 0.3) is 0 Å². The van der Waals surface area contributed by atoms with Crippen LogP contribution in [0, 0.1) is 6.92 Å². The summed E-state index contributed by atoms with van der Waals surface area (Å²) >= 11 is 3.38. The lowest BCUT2D eigenvalue weighted by Crippen LogP contribution is -2.06. The zero-order valence-corrected chi connectivity index (χ0v) is 9.90. The van der Waals surface area contributed by atoms with Crippen molar-refractivity contribution >= 4 is 21.9 Å². The number of nitrogens with zero attached hydrogens (tertiary/aromatic N) is 3. The summed E-state index contributed by atoms with van der Waals surface area (Å²) in [6.45, 7) is 2.68. The maximum Gasteiger partial charge on any atom is 0.200 e.